The summed E-state index contributed by atoms with van der Waals surface area (Å²) in [7, 11) is -7.98. The minimum atomic E-state index is -4.07. The van der Waals surface area contributed by atoms with Crippen molar-refractivity contribution in [1.29, 1.82) is 0 Å². The standard InChI is InChI=1S/C17H31N7O4S2/c1-6-23(7-2)29(25,26)13-10-12(5)15(21-17(20)22-16(18)19)14(11-13)30(27,28)24(8-3)9-4/h10-11H,6-9H2,1-5H3,(H6,18,19,20,21,22). The molecule has 1 aromatic carbocycles. The first-order valence-corrected chi connectivity index (χ1v) is 12.3. The van der Waals surface area contributed by atoms with E-state index in [1.165, 1.54) is 14.7 Å². The van der Waals surface area contributed by atoms with E-state index in [9.17, 15) is 16.8 Å². The highest BCUT2D eigenvalue weighted by molar-refractivity contribution is 7.90. The number of hydrogen-bond acceptors (Lipinski definition) is 5. The lowest BCUT2D eigenvalue weighted by atomic mass is 10.2. The van der Waals surface area contributed by atoms with Gasteiger partial charge in [0, 0.05) is 26.2 Å². The van der Waals surface area contributed by atoms with Gasteiger partial charge in [-0.05, 0) is 24.6 Å². The van der Waals surface area contributed by atoms with Gasteiger partial charge in [-0.25, -0.2) is 21.8 Å². The van der Waals surface area contributed by atoms with Gasteiger partial charge in [0.2, 0.25) is 26.0 Å². The van der Waals surface area contributed by atoms with Crippen molar-refractivity contribution in [2.45, 2.75) is 44.4 Å². The van der Waals surface area contributed by atoms with E-state index >= 15 is 0 Å². The summed E-state index contributed by atoms with van der Waals surface area (Å²) < 4.78 is 55.0. The average molecular weight is 462 g/mol. The number of guanidine groups is 2. The zero-order valence-corrected chi connectivity index (χ0v) is 19.6. The third-order valence-electron chi connectivity index (χ3n) is 4.38. The van der Waals surface area contributed by atoms with Gasteiger partial charge in [0.05, 0.1) is 10.6 Å². The Morgan fingerprint density at radius 2 is 1.33 bits per heavy atom. The Morgan fingerprint density at radius 1 is 0.867 bits per heavy atom. The molecule has 0 radical (unpaired) electrons. The first kappa shape index (κ1) is 25.8. The third-order valence-corrected chi connectivity index (χ3v) is 8.47. The second-order valence-electron chi connectivity index (χ2n) is 6.27. The Morgan fingerprint density at radius 3 is 1.77 bits per heavy atom. The summed E-state index contributed by atoms with van der Waals surface area (Å²) in [5, 5.41) is 0. The molecule has 0 atom stereocenters. The Balaban J connectivity index is 3.96. The fraction of sp³-hybridized carbons (Fsp3) is 0.529. The molecule has 11 nitrogen and oxygen atoms in total. The molecule has 1 rings (SSSR count). The highest BCUT2D eigenvalue weighted by Crippen LogP contribution is 2.34. The molecule has 1 aromatic rings. The Kier molecular flexibility index (Phi) is 8.77. The fourth-order valence-electron chi connectivity index (χ4n) is 2.89. The predicted molar refractivity (Wildman–Crippen MR) is 118 cm³/mol. The zero-order chi connectivity index (χ0) is 23.3. The number of nitrogens with two attached hydrogens (primary N) is 3. The predicted octanol–water partition coefficient (Wildman–Crippen LogP) is 0.276. The quantitative estimate of drug-likeness (QED) is 0.349. The molecule has 0 bridgehead atoms. The normalized spacial score (nSPS) is 13.1. The van der Waals surface area contributed by atoms with E-state index in [4.69, 9.17) is 17.2 Å². The molecule has 13 heteroatoms. The van der Waals surface area contributed by atoms with Crippen LogP contribution in [0, 0.1) is 6.92 Å². The first-order valence-electron chi connectivity index (χ1n) is 9.45. The van der Waals surface area contributed by atoms with Crippen LogP contribution in [0.3, 0.4) is 0 Å². The van der Waals surface area contributed by atoms with Crippen molar-refractivity contribution < 1.29 is 16.8 Å². The van der Waals surface area contributed by atoms with Gasteiger partial charge in [0.15, 0.2) is 5.96 Å². The summed E-state index contributed by atoms with van der Waals surface area (Å²) in [5.74, 6) is -0.698. The van der Waals surface area contributed by atoms with Gasteiger partial charge in [0.1, 0.15) is 4.90 Å². The molecule has 0 saturated heterocycles. The second-order valence-corrected chi connectivity index (χ2v) is 10.1. The molecule has 0 aliphatic carbocycles. The van der Waals surface area contributed by atoms with Gasteiger partial charge in [0.25, 0.3) is 0 Å². The molecule has 0 amide bonds. The Hall–Kier alpha value is -2.22. The lowest BCUT2D eigenvalue weighted by Gasteiger charge is -2.23. The SMILES string of the molecule is CCN(CC)S(=O)(=O)c1cc(C)c(N=C(N)N=C(N)N)c(S(=O)(=O)N(CC)CC)c1. The monoisotopic (exact) mass is 461 g/mol. The summed E-state index contributed by atoms with van der Waals surface area (Å²) in [5.41, 5.74) is 16.6. The van der Waals surface area contributed by atoms with Gasteiger partial charge >= 0.3 is 0 Å². The number of aliphatic imine (C=N–C) groups is 2. The summed E-state index contributed by atoms with van der Waals surface area (Å²) in [6.07, 6.45) is 0. The molecule has 0 aromatic heterocycles. The van der Waals surface area contributed by atoms with Crippen LogP contribution in [0.1, 0.15) is 33.3 Å². The van der Waals surface area contributed by atoms with E-state index < -0.39 is 20.0 Å². The lowest BCUT2D eigenvalue weighted by Crippen LogP contribution is -2.32. The number of rotatable bonds is 9. The van der Waals surface area contributed by atoms with Gasteiger partial charge < -0.3 is 17.2 Å². The van der Waals surface area contributed by atoms with Crippen molar-refractivity contribution in [2.75, 3.05) is 26.2 Å². The summed E-state index contributed by atoms with van der Waals surface area (Å²) in [4.78, 5) is 7.24. The molecular weight excluding hydrogens is 430 g/mol. The van der Waals surface area contributed by atoms with E-state index in [0.29, 0.717) is 5.56 Å². The number of sulfonamides is 2. The molecule has 0 aliphatic rings. The van der Waals surface area contributed by atoms with Crippen molar-refractivity contribution in [1.82, 2.24) is 8.61 Å². The second kappa shape index (κ2) is 10.2. The minimum absolute atomic E-state index is 0.0251. The molecule has 0 fully saturated rings. The first-order chi connectivity index (χ1) is 13.9. The van der Waals surface area contributed by atoms with Gasteiger partial charge in [-0.2, -0.15) is 13.6 Å². The highest BCUT2D eigenvalue weighted by Gasteiger charge is 2.30. The number of aryl methyl sites for hydroxylation is 1. The topological polar surface area (TPSA) is 178 Å². The zero-order valence-electron chi connectivity index (χ0n) is 18.0. The van der Waals surface area contributed by atoms with Crippen LogP contribution in [-0.4, -0.2) is 63.5 Å². The van der Waals surface area contributed by atoms with E-state index in [1.807, 2.05) is 0 Å². The van der Waals surface area contributed by atoms with Crippen LogP contribution in [0.15, 0.2) is 31.9 Å². The third kappa shape index (κ3) is 5.47. The molecule has 0 saturated carbocycles. The molecule has 170 valence electrons. The van der Waals surface area contributed by atoms with Crippen molar-refractivity contribution in [2.24, 2.45) is 27.2 Å². The molecule has 0 heterocycles. The molecule has 0 spiro atoms. The maximum atomic E-state index is 13.3. The van der Waals surface area contributed by atoms with Crippen LogP contribution in [0.2, 0.25) is 0 Å². The summed E-state index contributed by atoms with van der Waals surface area (Å²) in [6, 6.07) is 2.46. The number of hydrogen-bond donors (Lipinski definition) is 3. The molecule has 0 aliphatic heterocycles. The van der Waals surface area contributed by atoms with Crippen LogP contribution in [0.4, 0.5) is 5.69 Å². The van der Waals surface area contributed by atoms with Gasteiger partial charge in [-0.15, -0.1) is 0 Å². The maximum Gasteiger partial charge on any atom is 0.245 e. The maximum absolute atomic E-state index is 13.3. The van der Waals surface area contributed by atoms with E-state index in [1.54, 1.807) is 34.6 Å². The van der Waals surface area contributed by atoms with Crippen LogP contribution >= 0.6 is 0 Å². The van der Waals surface area contributed by atoms with Crippen molar-refractivity contribution in [3.8, 4) is 0 Å². The molecule has 6 N–H and O–H groups in total. The van der Waals surface area contributed by atoms with Crippen molar-refractivity contribution in [3.05, 3.63) is 17.7 Å². The summed E-state index contributed by atoms with van der Waals surface area (Å²) in [6.45, 7) is 9.19. The van der Waals surface area contributed by atoms with E-state index in [2.05, 4.69) is 9.98 Å². The van der Waals surface area contributed by atoms with Crippen molar-refractivity contribution in [3.63, 3.8) is 0 Å². The number of nitrogens with zero attached hydrogens (tertiary/aromatic N) is 4. The van der Waals surface area contributed by atoms with Crippen molar-refractivity contribution >= 4 is 37.7 Å². The van der Waals surface area contributed by atoms with Crippen LogP contribution in [-0.2, 0) is 20.0 Å². The largest absolute Gasteiger partial charge is 0.370 e. The highest BCUT2D eigenvalue weighted by atomic mass is 32.2. The molecular formula is C17H31N7O4S2. The van der Waals surface area contributed by atoms with E-state index in [-0.39, 0.29) is 53.6 Å². The molecule has 0 unspecified atom stereocenters. The Bertz CT molecular complexity index is 1020. The lowest BCUT2D eigenvalue weighted by molar-refractivity contribution is 0.443. The molecule has 30 heavy (non-hydrogen) atoms. The van der Waals surface area contributed by atoms with Gasteiger partial charge in [-0.3, -0.25) is 0 Å². The van der Waals surface area contributed by atoms with Crippen LogP contribution in [0.25, 0.3) is 0 Å². The minimum Gasteiger partial charge on any atom is -0.370 e. The van der Waals surface area contributed by atoms with Crippen LogP contribution in [0.5, 0.6) is 0 Å². The number of benzene rings is 1. The van der Waals surface area contributed by atoms with Crippen LogP contribution < -0.4 is 17.2 Å². The fourth-order valence-corrected chi connectivity index (χ4v) is 6.22. The average Bonchev–Trinajstić information content (AvgIpc) is 2.63. The van der Waals surface area contributed by atoms with Gasteiger partial charge in [-0.1, -0.05) is 27.7 Å². The summed E-state index contributed by atoms with van der Waals surface area (Å²) >= 11 is 0. The van der Waals surface area contributed by atoms with E-state index in [0.717, 1.165) is 6.07 Å². The smallest absolute Gasteiger partial charge is 0.245 e. The Labute approximate surface area is 178 Å².